The van der Waals surface area contributed by atoms with Gasteiger partial charge in [0.15, 0.2) is 9.84 Å². The highest BCUT2D eigenvalue weighted by Crippen LogP contribution is 2.34. The minimum Gasteiger partial charge on any atom is -0.317 e. The zero-order valence-electron chi connectivity index (χ0n) is 11.6. The summed E-state index contributed by atoms with van der Waals surface area (Å²) in [6, 6.07) is 0.244. The molecule has 1 unspecified atom stereocenters. The van der Waals surface area contributed by atoms with Crippen molar-refractivity contribution in [1.82, 2.24) is 10.2 Å². The Labute approximate surface area is 111 Å². The van der Waals surface area contributed by atoms with E-state index in [1.165, 1.54) is 19.3 Å². The van der Waals surface area contributed by atoms with E-state index in [4.69, 9.17) is 0 Å². The van der Waals surface area contributed by atoms with Gasteiger partial charge in [0.1, 0.15) is 0 Å². The molecule has 2 fully saturated rings. The minimum atomic E-state index is -2.76. The van der Waals surface area contributed by atoms with Crippen LogP contribution in [0.5, 0.6) is 0 Å². The van der Waals surface area contributed by atoms with E-state index in [2.05, 4.69) is 24.2 Å². The summed E-state index contributed by atoms with van der Waals surface area (Å²) in [6.45, 7) is 5.52. The van der Waals surface area contributed by atoms with Gasteiger partial charge in [-0.25, -0.2) is 8.42 Å². The van der Waals surface area contributed by atoms with Crippen LogP contribution in [0.4, 0.5) is 0 Å². The molecule has 2 aliphatic heterocycles. The van der Waals surface area contributed by atoms with E-state index in [1.807, 2.05) is 0 Å². The van der Waals surface area contributed by atoms with Gasteiger partial charge in [0.05, 0.1) is 11.5 Å². The highest BCUT2D eigenvalue weighted by atomic mass is 32.2. The number of piperidine rings is 1. The lowest BCUT2D eigenvalue weighted by atomic mass is 9.76. The molecule has 2 rings (SSSR count). The molecule has 0 saturated carbocycles. The van der Waals surface area contributed by atoms with Crippen LogP contribution in [0, 0.1) is 5.41 Å². The van der Waals surface area contributed by atoms with Crippen LogP contribution in [0.2, 0.25) is 0 Å². The van der Waals surface area contributed by atoms with Crippen LogP contribution in [-0.4, -0.2) is 57.5 Å². The van der Waals surface area contributed by atoms with Gasteiger partial charge in [-0.3, -0.25) is 0 Å². The third-order valence-corrected chi connectivity index (χ3v) is 6.58. The van der Waals surface area contributed by atoms with Gasteiger partial charge in [0.2, 0.25) is 0 Å². The zero-order valence-corrected chi connectivity index (χ0v) is 12.4. The van der Waals surface area contributed by atoms with E-state index in [-0.39, 0.29) is 6.04 Å². The Kier molecular flexibility index (Phi) is 4.34. The first kappa shape index (κ1) is 14.3. The maximum absolute atomic E-state index is 11.6. The van der Waals surface area contributed by atoms with Crippen molar-refractivity contribution in [2.45, 2.75) is 38.6 Å². The van der Waals surface area contributed by atoms with Crippen LogP contribution in [0.15, 0.2) is 0 Å². The molecular weight excluding hydrogens is 248 g/mol. The van der Waals surface area contributed by atoms with Crippen LogP contribution in [-0.2, 0) is 9.84 Å². The normalized spacial score (nSPS) is 30.7. The van der Waals surface area contributed by atoms with E-state index in [9.17, 15) is 8.42 Å². The van der Waals surface area contributed by atoms with Crippen molar-refractivity contribution < 1.29 is 8.42 Å². The Hall–Kier alpha value is -0.130. The zero-order chi connectivity index (χ0) is 13.2. The average Bonchev–Trinajstić information content (AvgIpc) is 2.71. The number of hydrogen-bond acceptors (Lipinski definition) is 4. The molecule has 2 heterocycles. The molecule has 0 spiro atoms. The molecule has 2 aliphatic rings. The number of sulfone groups is 1. The predicted octanol–water partition coefficient (Wildman–Crippen LogP) is 0.885. The van der Waals surface area contributed by atoms with Crippen LogP contribution in [0.25, 0.3) is 0 Å². The van der Waals surface area contributed by atoms with Gasteiger partial charge >= 0.3 is 0 Å². The number of nitrogens with one attached hydrogen (secondary N) is 1. The summed E-state index contributed by atoms with van der Waals surface area (Å²) in [4.78, 5) is 2.30. The fraction of sp³-hybridized carbons (Fsp3) is 1.00. The quantitative estimate of drug-likeness (QED) is 0.827. The van der Waals surface area contributed by atoms with Gasteiger partial charge in [0.25, 0.3) is 0 Å². The molecule has 5 heteroatoms. The van der Waals surface area contributed by atoms with Gasteiger partial charge in [-0.15, -0.1) is 0 Å². The molecule has 0 aliphatic carbocycles. The molecule has 0 amide bonds. The largest absolute Gasteiger partial charge is 0.317 e. The molecule has 0 bridgehead atoms. The summed E-state index contributed by atoms with van der Waals surface area (Å²) in [5.41, 5.74) is 0.395. The molecule has 4 nitrogen and oxygen atoms in total. The van der Waals surface area contributed by atoms with Gasteiger partial charge in [-0.2, -0.15) is 0 Å². The Bertz CT molecular complexity index is 374. The van der Waals surface area contributed by atoms with Crippen molar-refractivity contribution in [2.75, 3.05) is 38.2 Å². The Morgan fingerprint density at radius 3 is 2.50 bits per heavy atom. The number of rotatable bonds is 4. The molecule has 2 saturated heterocycles. The van der Waals surface area contributed by atoms with Crippen molar-refractivity contribution in [3.05, 3.63) is 0 Å². The fourth-order valence-electron chi connectivity index (χ4n) is 3.36. The Morgan fingerprint density at radius 2 is 2.00 bits per heavy atom. The smallest absolute Gasteiger partial charge is 0.151 e. The SMILES string of the molecule is CCC1(CN(C)C2CCS(=O)(=O)C2)CCNCC1. The number of nitrogens with zero attached hydrogens (tertiary/aromatic N) is 1. The van der Waals surface area contributed by atoms with Gasteiger partial charge in [-0.1, -0.05) is 6.92 Å². The molecule has 1 N–H and O–H groups in total. The van der Waals surface area contributed by atoms with E-state index < -0.39 is 9.84 Å². The lowest BCUT2D eigenvalue weighted by molar-refractivity contribution is 0.103. The molecule has 0 aromatic carbocycles. The maximum atomic E-state index is 11.6. The lowest BCUT2D eigenvalue weighted by Crippen LogP contribution is -2.46. The molecule has 106 valence electrons. The monoisotopic (exact) mass is 274 g/mol. The highest BCUT2D eigenvalue weighted by molar-refractivity contribution is 7.91. The van der Waals surface area contributed by atoms with Crippen LogP contribution < -0.4 is 5.32 Å². The topological polar surface area (TPSA) is 49.4 Å². The van der Waals surface area contributed by atoms with Gasteiger partial charge in [0, 0.05) is 12.6 Å². The number of hydrogen-bond donors (Lipinski definition) is 1. The van der Waals surface area contributed by atoms with Crippen LogP contribution >= 0.6 is 0 Å². The summed E-state index contributed by atoms with van der Waals surface area (Å²) in [7, 11) is -0.660. The Balaban J connectivity index is 1.95. The highest BCUT2D eigenvalue weighted by Gasteiger charge is 2.36. The van der Waals surface area contributed by atoms with Crippen molar-refractivity contribution in [1.29, 1.82) is 0 Å². The molecule has 18 heavy (non-hydrogen) atoms. The van der Waals surface area contributed by atoms with Crippen LogP contribution in [0.1, 0.15) is 32.6 Å². The second-order valence-corrected chi connectivity index (χ2v) is 8.30. The minimum absolute atomic E-state index is 0.244. The van der Waals surface area contributed by atoms with Gasteiger partial charge < -0.3 is 10.2 Å². The third kappa shape index (κ3) is 3.25. The maximum Gasteiger partial charge on any atom is 0.151 e. The second kappa shape index (κ2) is 5.47. The molecule has 0 radical (unpaired) electrons. The van der Waals surface area contributed by atoms with E-state index in [0.717, 1.165) is 26.1 Å². The second-order valence-electron chi connectivity index (χ2n) is 6.08. The fourth-order valence-corrected chi connectivity index (χ4v) is 5.17. The summed E-state index contributed by atoms with van der Waals surface area (Å²) in [5.74, 6) is 0.740. The van der Waals surface area contributed by atoms with Crippen molar-refractivity contribution in [3.8, 4) is 0 Å². The van der Waals surface area contributed by atoms with Crippen LogP contribution in [0.3, 0.4) is 0 Å². The van der Waals surface area contributed by atoms with Crippen molar-refractivity contribution >= 4 is 9.84 Å². The predicted molar refractivity (Wildman–Crippen MR) is 74.5 cm³/mol. The first-order valence-corrected chi connectivity index (χ1v) is 8.90. The average molecular weight is 274 g/mol. The Morgan fingerprint density at radius 1 is 1.33 bits per heavy atom. The summed E-state index contributed by atoms with van der Waals surface area (Å²) < 4.78 is 23.1. The molecule has 0 aromatic rings. The summed E-state index contributed by atoms with van der Waals surface area (Å²) >= 11 is 0. The van der Waals surface area contributed by atoms with Crippen molar-refractivity contribution in [2.24, 2.45) is 5.41 Å². The van der Waals surface area contributed by atoms with E-state index >= 15 is 0 Å². The van der Waals surface area contributed by atoms with Gasteiger partial charge in [-0.05, 0) is 51.2 Å². The molecule has 0 aromatic heterocycles. The summed E-state index contributed by atoms with van der Waals surface area (Å²) in [6.07, 6.45) is 4.44. The standard InChI is InChI=1S/C13H26N2O2S/c1-3-13(5-7-14-8-6-13)11-15(2)12-4-9-18(16,17)10-12/h12,14H,3-11H2,1-2H3. The molecule has 1 atom stereocenters. The molecular formula is C13H26N2O2S. The lowest BCUT2D eigenvalue weighted by Gasteiger charge is -2.41. The first-order valence-electron chi connectivity index (χ1n) is 7.08. The third-order valence-electron chi connectivity index (χ3n) is 4.83. The summed E-state index contributed by atoms with van der Waals surface area (Å²) in [5, 5.41) is 3.42. The van der Waals surface area contributed by atoms with E-state index in [1.54, 1.807) is 0 Å². The first-order chi connectivity index (χ1) is 8.46. The van der Waals surface area contributed by atoms with Crippen molar-refractivity contribution in [3.63, 3.8) is 0 Å². The van der Waals surface area contributed by atoms with E-state index in [0.29, 0.717) is 16.9 Å².